The largest absolute Gasteiger partial charge is 0.496 e. The van der Waals surface area contributed by atoms with Crippen molar-refractivity contribution in [1.29, 1.82) is 0 Å². The van der Waals surface area contributed by atoms with Crippen molar-refractivity contribution >= 4 is 5.97 Å². The second kappa shape index (κ2) is 5.63. The van der Waals surface area contributed by atoms with Crippen LogP contribution in [0.2, 0.25) is 0 Å². The summed E-state index contributed by atoms with van der Waals surface area (Å²) < 4.78 is 5.08. The predicted molar refractivity (Wildman–Crippen MR) is 57.1 cm³/mol. The first kappa shape index (κ1) is 11.9. The van der Waals surface area contributed by atoms with E-state index in [0.29, 0.717) is 11.3 Å². The third-order valence-corrected chi connectivity index (χ3v) is 2.06. The van der Waals surface area contributed by atoms with Gasteiger partial charge in [0.2, 0.25) is 0 Å². The number of hydrogen-bond acceptors (Lipinski definition) is 3. The zero-order valence-corrected chi connectivity index (χ0v) is 8.70. The number of benzene rings is 1. The van der Waals surface area contributed by atoms with Gasteiger partial charge in [-0.3, -0.25) is 4.79 Å². The summed E-state index contributed by atoms with van der Waals surface area (Å²) in [5, 5.41) is 12.2. The summed E-state index contributed by atoms with van der Waals surface area (Å²) in [7, 11) is 1.48. The van der Waals surface area contributed by atoms with Crippen LogP contribution in [0.15, 0.2) is 29.4 Å². The van der Waals surface area contributed by atoms with E-state index in [-0.39, 0.29) is 6.42 Å². The number of nitrogens with zero attached hydrogens (tertiary/aromatic N) is 3. The van der Waals surface area contributed by atoms with Gasteiger partial charge < -0.3 is 9.84 Å². The molecule has 0 saturated heterocycles. The fourth-order valence-electron chi connectivity index (χ4n) is 1.38. The fraction of sp³-hybridized carbons (Fsp3) is 0.300. The molecule has 0 aliphatic carbocycles. The van der Waals surface area contributed by atoms with E-state index < -0.39 is 12.0 Å². The third kappa shape index (κ3) is 2.90. The van der Waals surface area contributed by atoms with Crippen LogP contribution in [0.25, 0.3) is 10.4 Å². The minimum atomic E-state index is -1.02. The molecule has 0 heterocycles. The van der Waals surface area contributed by atoms with Crippen molar-refractivity contribution in [1.82, 2.24) is 0 Å². The molecule has 84 valence electrons. The van der Waals surface area contributed by atoms with E-state index in [1.165, 1.54) is 7.11 Å². The molecule has 0 saturated carbocycles. The van der Waals surface area contributed by atoms with Crippen LogP contribution in [0, 0.1) is 0 Å². The molecule has 0 radical (unpaired) electrons. The second-order valence-corrected chi connectivity index (χ2v) is 3.06. The molecule has 1 aromatic rings. The van der Waals surface area contributed by atoms with Gasteiger partial charge in [0, 0.05) is 10.5 Å². The average molecular weight is 221 g/mol. The number of azide groups is 1. The van der Waals surface area contributed by atoms with Gasteiger partial charge in [-0.15, -0.1) is 0 Å². The smallest absolute Gasteiger partial charge is 0.304 e. The average Bonchev–Trinajstić information content (AvgIpc) is 2.28. The molecule has 0 aromatic heterocycles. The molecule has 0 aliphatic rings. The van der Waals surface area contributed by atoms with Gasteiger partial charge in [-0.05, 0) is 11.6 Å². The van der Waals surface area contributed by atoms with Crippen LogP contribution in [-0.4, -0.2) is 18.2 Å². The molecule has 1 atom stereocenters. The van der Waals surface area contributed by atoms with Gasteiger partial charge in [-0.1, -0.05) is 23.3 Å². The maximum atomic E-state index is 10.6. The van der Waals surface area contributed by atoms with E-state index in [0.717, 1.165) is 0 Å². The van der Waals surface area contributed by atoms with Crippen molar-refractivity contribution in [2.45, 2.75) is 12.5 Å². The lowest BCUT2D eigenvalue weighted by Crippen LogP contribution is -2.05. The molecule has 0 bridgehead atoms. The normalized spacial score (nSPS) is 11.3. The molecule has 0 spiro atoms. The van der Waals surface area contributed by atoms with Gasteiger partial charge >= 0.3 is 5.97 Å². The summed E-state index contributed by atoms with van der Waals surface area (Å²) in [4.78, 5) is 13.3. The van der Waals surface area contributed by atoms with Crippen LogP contribution in [0.4, 0.5) is 0 Å². The summed E-state index contributed by atoms with van der Waals surface area (Å²) in [5.74, 6) is -0.510. The highest BCUT2D eigenvalue weighted by Crippen LogP contribution is 2.29. The first-order valence-electron chi connectivity index (χ1n) is 4.58. The Morgan fingerprint density at radius 2 is 2.31 bits per heavy atom. The molecule has 0 fully saturated rings. The zero-order chi connectivity index (χ0) is 12.0. The Kier molecular flexibility index (Phi) is 4.17. The van der Waals surface area contributed by atoms with Crippen molar-refractivity contribution in [3.8, 4) is 5.75 Å². The number of carbonyl (C=O) groups is 1. The fourth-order valence-corrected chi connectivity index (χ4v) is 1.38. The van der Waals surface area contributed by atoms with Crippen LogP contribution in [0.3, 0.4) is 0 Å². The number of carboxylic acids is 1. The Morgan fingerprint density at radius 1 is 1.62 bits per heavy atom. The summed E-state index contributed by atoms with van der Waals surface area (Å²) in [6.07, 6.45) is -0.259. The second-order valence-electron chi connectivity index (χ2n) is 3.06. The van der Waals surface area contributed by atoms with Crippen molar-refractivity contribution in [2.75, 3.05) is 7.11 Å². The molecule has 1 unspecified atom stereocenters. The highest BCUT2D eigenvalue weighted by atomic mass is 16.5. The summed E-state index contributed by atoms with van der Waals surface area (Å²) in [6.45, 7) is 0. The molecule has 16 heavy (non-hydrogen) atoms. The van der Waals surface area contributed by atoms with Crippen LogP contribution in [-0.2, 0) is 4.79 Å². The molecule has 1 N–H and O–H groups in total. The van der Waals surface area contributed by atoms with Crippen molar-refractivity contribution in [3.05, 3.63) is 40.3 Å². The van der Waals surface area contributed by atoms with Crippen molar-refractivity contribution < 1.29 is 14.6 Å². The lowest BCUT2D eigenvalue weighted by Gasteiger charge is -2.12. The molecule has 6 nitrogen and oxygen atoms in total. The number of rotatable bonds is 5. The maximum absolute atomic E-state index is 10.6. The number of hydrogen-bond donors (Lipinski definition) is 1. The van der Waals surface area contributed by atoms with Gasteiger partial charge in [0.25, 0.3) is 0 Å². The number of ether oxygens (including phenoxy) is 1. The Bertz CT molecular complexity index is 427. The van der Waals surface area contributed by atoms with E-state index in [1.54, 1.807) is 24.3 Å². The van der Waals surface area contributed by atoms with Crippen molar-refractivity contribution in [3.63, 3.8) is 0 Å². The number of carboxylic acid groups (broad SMARTS) is 1. The highest BCUT2D eigenvalue weighted by molar-refractivity contribution is 5.68. The van der Waals surface area contributed by atoms with E-state index in [2.05, 4.69) is 10.0 Å². The van der Waals surface area contributed by atoms with E-state index in [9.17, 15) is 4.79 Å². The van der Waals surface area contributed by atoms with Crippen LogP contribution in [0.5, 0.6) is 5.75 Å². The van der Waals surface area contributed by atoms with E-state index in [4.69, 9.17) is 15.4 Å². The molecule has 0 amide bonds. The Balaban J connectivity index is 3.09. The summed E-state index contributed by atoms with van der Waals surface area (Å²) in [5.41, 5.74) is 8.97. The molecule has 6 heteroatoms. The quantitative estimate of drug-likeness (QED) is 0.470. The minimum Gasteiger partial charge on any atom is -0.496 e. The Morgan fingerprint density at radius 3 is 2.88 bits per heavy atom. The van der Waals surface area contributed by atoms with Gasteiger partial charge in [0.1, 0.15) is 5.75 Å². The predicted octanol–water partition coefficient (Wildman–Crippen LogP) is 2.52. The van der Waals surface area contributed by atoms with Crippen LogP contribution < -0.4 is 4.74 Å². The minimum absolute atomic E-state index is 0.259. The molecular formula is C10H11N3O3. The highest BCUT2D eigenvalue weighted by Gasteiger charge is 2.17. The zero-order valence-electron chi connectivity index (χ0n) is 8.70. The van der Waals surface area contributed by atoms with Gasteiger partial charge in [-0.25, -0.2) is 0 Å². The Labute approximate surface area is 92.1 Å². The number of methoxy groups -OCH3 is 1. The van der Waals surface area contributed by atoms with Gasteiger partial charge in [-0.2, -0.15) is 0 Å². The molecule has 1 aromatic carbocycles. The molecular weight excluding hydrogens is 210 g/mol. The maximum Gasteiger partial charge on any atom is 0.304 e. The molecule has 0 aliphatic heterocycles. The molecule has 1 rings (SSSR count). The van der Waals surface area contributed by atoms with Gasteiger partial charge in [0.15, 0.2) is 0 Å². The number of aliphatic carboxylic acids is 1. The summed E-state index contributed by atoms with van der Waals surface area (Å²) in [6, 6.07) is 6.12. The van der Waals surface area contributed by atoms with Gasteiger partial charge in [0.05, 0.1) is 19.6 Å². The lowest BCUT2D eigenvalue weighted by atomic mass is 10.0. The topological polar surface area (TPSA) is 95.3 Å². The Hall–Kier alpha value is -2.20. The monoisotopic (exact) mass is 221 g/mol. The first-order chi connectivity index (χ1) is 7.69. The van der Waals surface area contributed by atoms with E-state index >= 15 is 0 Å². The third-order valence-electron chi connectivity index (χ3n) is 2.06. The van der Waals surface area contributed by atoms with Crippen molar-refractivity contribution in [2.24, 2.45) is 5.11 Å². The van der Waals surface area contributed by atoms with E-state index in [1.807, 2.05) is 0 Å². The lowest BCUT2D eigenvalue weighted by molar-refractivity contribution is -0.137. The van der Waals surface area contributed by atoms with Crippen LogP contribution >= 0.6 is 0 Å². The van der Waals surface area contributed by atoms with Crippen LogP contribution in [0.1, 0.15) is 18.0 Å². The SMILES string of the molecule is COc1ccccc1C(CC(=O)O)N=[N+]=[N-]. The summed E-state index contributed by atoms with van der Waals surface area (Å²) >= 11 is 0. The standard InChI is InChI=1S/C10H11N3O3/c1-16-9-5-3-2-4-7(9)8(12-13-11)6-10(14)15/h2-5,8H,6H2,1H3,(H,14,15). The first-order valence-corrected chi connectivity index (χ1v) is 4.58. The number of para-hydroxylation sites is 1.